The number of benzene rings is 2. The van der Waals surface area contributed by atoms with Crippen LogP contribution in [-0.4, -0.2) is 4.98 Å². The molecule has 2 aromatic carbocycles. The maximum Gasteiger partial charge on any atom is 0.0710 e. The van der Waals surface area contributed by atoms with Gasteiger partial charge in [0.15, 0.2) is 0 Å². The molecule has 3 aromatic rings. The molecule has 0 fully saturated rings. The van der Waals surface area contributed by atoms with Crippen LogP contribution >= 0.6 is 0 Å². The van der Waals surface area contributed by atoms with Crippen molar-refractivity contribution in [3.63, 3.8) is 0 Å². The third-order valence-corrected chi connectivity index (χ3v) is 3.72. The Balaban J connectivity index is 2.26. The van der Waals surface area contributed by atoms with E-state index in [9.17, 15) is 0 Å². The molecule has 1 aromatic heterocycles. The summed E-state index contributed by atoms with van der Waals surface area (Å²) in [5, 5.41) is 0. The van der Waals surface area contributed by atoms with Crippen LogP contribution in [0.15, 0.2) is 73.4 Å². The fraction of sp³-hybridized carbons (Fsp3) is 0.0500. The van der Waals surface area contributed by atoms with Crippen LogP contribution in [0.5, 0.6) is 0 Å². The van der Waals surface area contributed by atoms with Gasteiger partial charge in [-0.05, 0) is 41.3 Å². The highest BCUT2D eigenvalue weighted by Gasteiger charge is 2.12. The molecule has 0 spiro atoms. The molecule has 1 heterocycles. The molecule has 0 atom stereocenters. The summed E-state index contributed by atoms with van der Waals surface area (Å²) in [6.45, 7) is 6.08. The Bertz CT molecular complexity index is 759. The summed E-state index contributed by atoms with van der Waals surface area (Å²) in [4.78, 5) is 4.51. The molecule has 1 nitrogen and oxygen atoms in total. The molecule has 0 radical (unpaired) electrons. The maximum absolute atomic E-state index is 4.51. The van der Waals surface area contributed by atoms with Gasteiger partial charge in [-0.2, -0.15) is 0 Å². The molecule has 0 saturated carbocycles. The standard InChI is InChI=1S/C20H17N/c1-3-16-12-13-18(17-9-5-4-6-10-17)15(2)20(16)19-11-7-8-14-21-19/h3-14H,1H2,2H3. The molecule has 0 unspecified atom stereocenters. The predicted octanol–water partition coefficient (Wildman–Crippen LogP) is 5.37. The summed E-state index contributed by atoms with van der Waals surface area (Å²) in [7, 11) is 0. The Morgan fingerprint density at radius 3 is 2.33 bits per heavy atom. The third-order valence-electron chi connectivity index (χ3n) is 3.72. The Hall–Kier alpha value is -2.67. The first kappa shape index (κ1) is 13.3. The number of aromatic nitrogens is 1. The highest BCUT2D eigenvalue weighted by atomic mass is 14.7. The van der Waals surface area contributed by atoms with Gasteiger partial charge in [-0.15, -0.1) is 0 Å². The minimum atomic E-state index is 0.989. The first-order valence-corrected chi connectivity index (χ1v) is 7.04. The molecule has 21 heavy (non-hydrogen) atoms. The second-order valence-corrected chi connectivity index (χ2v) is 4.99. The molecule has 102 valence electrons. The number of hydrogen-bond donors (Lipinski definition) is 0. The molecule has 0 aliphatic rings. The molecular weight excluding hydrogens is 254 g/mol. The smallest absolute Gasteiger partial charge is 0.0710 e. The van der Waals surface area contributed by atoms with Crippen LogP contribution in [0.1, 0.15) is 11.1 Å². The van der Waals surface area contributed by atoms with Crippen LogP contribution < -0.4 is 0 Å². The van der Waals surface area contributed by atoms with Crippen molar-refractivity contribution in [2.75, 3.05) is 0 Å². The molecule has 0 N–H and O–H groups in total. The summed E-state index contributed by atoms with van der Waals surface area (Å²) in [6, 6.07) is 20.7. The zero-order valence-electron chi connectivity index (χ0n) is 12.1. The van der Waals surface area contributed by atoms with Crippen molar-refractivity contribution >= 4 is 6.08 Å². The summed E-state index contributed by atoms with van der Waals surface area (Å²) in [5.74, 6) is 0. The van der Waals surface area contributed by atoms with Gasteiger partial charge in [-0.1, -0.05) is 61.2 Å². The zero-order valence-corrected chi connectivity index (χ0v) is 12.1. The molecule has 1 heteroatoms. The highest BCUT2D eigenvalue weighted by Crippen LogP contribution is 2.34. The lowest BCUT2D eigenvalue weighted by molar-refractivity contribution is 1.30. The first-order chi connectivity index (χ1) is 10.3. The summed E-state index contributed by atoms with van der Waals surface area (Å²) in [5.41, 5.74) is 6.96. The van der Waals surface area contributed by atoms with E-state index in [2.05, 4.69) is 54.9 Å². The summed E-state index contributed by atoms with van der Waals surface area (Å²) >= 11 is 0. The fourth-order valence-corrected chi connectivity index (χ4v) is 2.68. The second kappa shape index (κ2) is 5.76. The largest absolute Gasteiger partial charge is 0.256 e. The molecule has 0 amide bonds. The van der Waals surface area contributed by atoms with Crippen LogP contribution in [0.4, 0.5) is 0 Å². The predicted molar refractivity (Wildman–Crippen MR) is 89.9 cm³/mol. The Morgan fingerprint density at radius 1 is 0.905 bits per heavy atom. The van der Waals surface area contributed by atoms with Gasteiger partial charge < -0.3 is 0 Å². The molecule has 0 saturated heterocycles. The van der Waals surface area contributed by atoms with Gasteiger partial charge in [0.25, 0.3) is 0 Å². The van der Waals surface area contributed by atoms with Crippen molar-refractivity contribution in [2.45, 2.75) is 6.92 Å². The van der Waals surface area contributed by atoms with Crippen molar-refractivity contribution in [1.82, 2.24) is 4.98 Å². The molecule has 0 aliphatic carbocycles. The van der Waals surface area contributed by atoms with Crippen molar-refractivity contribution < 1.29 is 0 Å². The van der Waals surface area contributed by atoms with Crippen molar-refractivity contribution in [1.29, 1.82) is 0 Å². The monoisotopic (exact) mass is 271 g/mol. The molecule has 0 bridgehead atoms. The average molecular weight is 271 g/mol. The summed E-state index contributed by atoms with van der Waals surface area (Å²) < 4.78 is 0. The van der Waals surface area contributed by atoms with E-state index in [-0.39, 0.29) is 0 Å². The zero-order chi connectivity index (χ0) is 14.7. The van der Waals surface area contributed by atoms with Gasteiger partial charge in [-0.3, -0.25) is 4.98 Å². The lowest BCUT2D eigenvalue weighted by Crippen LogP contribution is -1.93. The van der Waals surface area contributed by atoms with Crippen LogP contribution in [0.2, 0.25) is 0 Å². The van der Waals surface area contributed by atoms with E-state index in [1.54, 1.807) is 0 Å². The molecule has 0 aliphatic heterocycles. The number of rotatable bonds is 3. The lowest BCUT2D eigenvalue weighted by Gasteiger charge is -2.14. The molecular formula is C20H17N. The quantitative estimate of drug-likeness (QED) is 0.624. The highest BCUT2D eigenvalue weighted by molar-refractivity contribution is 5.83. The van der Waals surface area contributed by atoms with Gasteiger partial charge in [0.1, 0.15) is 0 Å². The summed E-state index contributed by atoms with van der Waals surface area (Å²) in [6.07, 6.45) is 3.72. The Labute approximate surface area is 125 Å². The number of nitrogens with zero attached hydrogens (tertiary/aromatic N) is 1. The first-order valence-electron chi connectivity index (χ1n) is 7.04. The van der Waals surface area contributed by atoms with Gasteiger partial charge in [0.2, 0.25) is 0 Å². The van der Waals surface area contributed by atoms with E-state index in [0.29, 0.717) is 0 Å². The van der Waals surface area contributed by atoms with Gasteiger partial charge >= 0.3 is 0 Å². The maximum atomic E-state index is 4.51. The topological polar surface area (TPSA) is 12.9 Å². The van der Waals surface area contributed by atoms with Gasteiger partial charge in [0, 0.05) is 11.8 Å². The van der Waals surface area contributed by atoms with Crippen LogP contribution in [0.3, 0.4) is 0 Å². The number of pyridine rings is 1. The van der Waals surface area contributed by atoms with Crippen LogP contribution in [-0.2, 0) is 0 Å². The van der Waals surface area contributed by atoms with E-state index < -0.39 is 0 Å². The van der Waals surface area contributed by atoms with Gasteiger partial charge in [0.05, 0.1) is 5.69 Å². The van der Waals surface area contributed by atoms with Crippen LogP contribution in [0.25, 0.3) is 28.5 Å². The Morgan fingerprint density at radius 2 is 1.67 bits per heavy atom. The number of hydrogen-bond acceptors (Lipinski definition) is 1. The van der Waals surface area contributed by atoms with Gasteiger partial charge in [-0.25, -0.2) is 0 Å². The van der Waals surface area contributed by atoms with E-state index in [4.69, 9.17) is 0 Å². The fourth-order valence-electron chi connectivity index (χ4n) is 2.68. The second-order valence-electron chi connectivity index (χ2n) is 4.99. The SMILES string of the molecule is C=Cc1ccc(-c2ccccc2)c(C)c1-c1ccccn1. The Kier molecular flexibility index (Phi) is 3.65. The van der Waals surface area contributed by atoms with Crippen molar-refractivity contribution in [3.8, 4) is 22.4 Å². The molecule has 3 rings (SSSR count). The lowest BCUT2D eigenvalue weighted by atomic mass is 9.91. The van der Waals surface area contributed by atoms with E-state index in [1.807, 2.05) is 36.5 Å². The van der Waals surface area contributed by atoms with Crippen molar-refractivity contribution in [2.24, 2.45) is 0 Å². The van der Waals surface area contributed by atoms with Crippen molar-refractivity contribution in [3.05, 3.63) is 84.6 Å². The van der Waals surface area contributed by atoms with Crippen LogP contribution in [0, 0.1) is 6.92 Å². The normalized spacial score (nSPS) is 10.3. The van der Waals surface area contributed by atoms with E-state index in [1.165, 1.54) is 16.7 Å². The minimum absolute atomic E-state index is 0.989. The minimum Gasteiger partial charge on any atom is -0.256 e. The third kappa shape index (κ3) is 2.50. The van der Waals surface area contributed by atoms with E-state index >= 15 is 0 Å². The van der Waals surface area contributed by atoms with E-state index in [0.717, 1.165) is 16.8 Å². The average Bonchev–Trinajstić information content (AvgIpc) is 2.56.